The van der Waals surface area contributed by atoms with E-state index in [1.54, 1.807) is 6.07 Å². The Morgan fingerprint density at radius 2 is 2.09 bits per heavy atom. The summed E-state index contributed by atoms with van der Waals surface area (Å²) >= 11 is 0. The first kappa shape index (κ1) is 25.3. The number of nitrogens with one attached hydrogen (secondary N) is 1. The van der Waals surface area contributed by atoms with Gasteiger partial charge in [0.05, 0.1) is 12.3 Å². The van der Waals surface area contributed by atoms with Gasteiger partial charge in [0.25, 0.3) is 5.91 Å². The van der Waals surface area contributed by atoms with Gasteiger partial charge in [0.15, 0.2) is 5.75 Å². The Morgan fingerprint density at radius 3 is 2.64 bits per heavy atom. The molecule has 1 saturated heterocycles. The smallest absolute Gasteiger partial charge is 0.387 e. The number of alkyl halides is 2. The maximum absolute atomic E-state index is 13.2. The number of carbonyl (C=O) groups is 2. The van der Waals surface area contributed by atoms with Crippen LogP contribution in [-0.2, 0) is 14.3 Å². The molecule has 2 fully saturated rings. The van der Waals surface area contributed by atoms with Crippen molar-refractivity contribution in [3.05, 3.63) is 18.2 Å². The summed E-state index contributed by atoms with van der Waals surface area (Å²) < 4.78 is 36.0. The molecule has 1 aromatic carbocycles. The minimum atomic E-state index is -3.09. The van der Waals surface area contributed by atoms with Crippen LogP contribution in [0.15, 0.2) is 18.2 Å². The van der Waals surface area contributed by atoms with Gasteiger partial charge in [-0.15, -0.1) is 0 Å². The fraction of sp³-hybridized carbons (Fsp3) is 0.652. The molecule has 2 amide bonds. The zero-order valence-corrected chi connectivity index (χ0v) is 19.5. The van der Waals surface area contributed by atoms with Crippen LogP contribution in [0.5, 0.6) is 5.75 Å². The topological polar surface area (TPSA) is 97.1 Å². The Labute approximate surface area is 193 Å². The van der Waals surface area contributed by atoms with Crippen LogP contribution in [0.3, 0.4) is 0 Å². The molecule has 0 unspecified atom stereocenters. The Balaban J connectivity index is 1.83. The van der Waals surface area contributed by atoms with E-state index < -0.39 is 12.7 Å². The molecule has 33 heavy (non-hydrogen) atoms. The minimum Gasteiger partial charge on any atom is -0.433 e. The second-order valence-electron chi connectivity index (χ2n) is 9.72. The molecule has 2 aliphatic rings. The third-order valence-corrected chi connectivity index (χ3v) is 5.86. The summed E-state index contributed by atoms with van der Waals surface area (Å²) in [5.74, 6) is -0.859. The number of halogens is 2. The molecule has 10 heteroatoms. The van der Waals surface area contributed by atoms with Crippen LogP contribution < -0.4 is 20.7 Å². The summed E-state index contributed by atoms with van der Waals surface area (Å²) in [4.78, 5) is 28.9. The standard InChI is InChI=1S/C23H34F2N4O4/c1-23(2,3)14-29(15-5-4-6-15)18(12-26)21(31)27-17-8-7-16(11-19(17)33-22(24)25)28-9-10-32-13-20(28)30/h7-8,11,15,18,22H,4-6,9-10,12-14,26H2,1-3H3,(H,27,31)/t18-/m1/s1. The molecule has 0 aromatic heterocycles. The van der Waals surface area contributed by atoms with E-state index in [-0.39, 0.29) is 47.9 Å². The van der Waals surface area contributed by atoms with Crippen LogP contribution in [0.1, 0.15) is 40.0 Å². The predicted molar refractivity (Wildman–Crippen MR) is 122 cm³/mol. The van der Waals surface area contributed by atoms with Gasteiger partial charge in [0.2, 0.25) is 5.91 Å². The number of hydrogen-bond acceptors (Lipinski definition) is 6. The largest absolute Gasteiger partial charge is 0.433 e. The second kappa shape index (κ2) is 10.8. The number of morpholine rings is 1. The van der Waals surface area contributed by atoms with E-state index in [1.165, 1.54) is 17.0 Å². The van der Waals surface area contributed by atoms with Crippen molar-refractivity contribution < 1.29 is 27.8 Å². The average molecular weight is 469 g/mol. The summed E-state index contributed by atoms with van der Waals surface area (Å²) in [7, 11) is 0. The van der Waals surface area contributed by atoms with Crippen molar-refractivity contribution in [2.75, 3.05) is 43.1 Å². The fourth-order valence-corrected chi connectivity index (χ4v) is 4.14. The van der Waals surface area contributed by atoms with Gasteiger partial charge in [-0.05, 0) is 30.4 Å². The van der Waals surface area contributed by atoms with E-state index in [0.717, 1.165) is 19.3 Å². The molecular formula is C23H34F2N4O4. The van der Waals surface area contributed by atoms with Crippen LogP contribution in [0.2, 0.25) is 0 Å². The fourth-order valence-electron chi connectivity index (χ4n) is 4.14. The lowest BCUT2D eigenvalue weighted by Crippen LogP contribution is -2.57. The quantitative estimate of drug-likeness (QED) is 0.579. The Bertz CT molecular complexity index is 842. The van der Waals surface area contributed by atoms with Gasteiger partial charge in [-0.25, -0.2) is 0 Å². The van der Waals surface area contributed by atoms with Crippen molar-refractivity contribution in [2.24, 2.45) is 11.1 Å². The van der Waals surface area contributed by atoms with Crippen molar-refractivity contribution in [3.8, 4) is 5.75 Å². The number of benzene rings is 1. The Hall–Kier alpha value is -2.30. The molecule has 0 spiro atoms. The number of anilines is 2. The summed E-state index contributed by atoms with van der Waals surface area (Å²) in [6, 6.07) is 4.07. The van der Waals surface area contributed by atoms with Crippen molar-refractivity contribution in [2.45, 2.75) is 58.7 Å². The average Bonchev–Trinajstić information content (AvgIpc) is 2.67. The van der Waals surface area contributed by atoms with Crippen molar-refractivity contribution in [1.29, 1.82) is 0 Å². The normalized spacial score (nSPS) is 18.4. The molecule has 3 N–H and O–H groups in total. The lowest BCUT2D eigenvalue weighted by Gasteiger charge is -2.44. The molecular weight excluding hydrogens is 434 g/mol. The highest BCUT2D eigenvalue weighted by Crippen LogP contribution is 2.34. The predicted octanol–water partition coefficient (Wildman–Crippen LogP) is 2.82. The Morgan fingerprint density at radius 1 is 1.36 bits per heavy atom. The van der Waals surface area contributed by atoms with Gasteiger partial charge in [0.1, 0.15) is 12.6 Å². The number of amides is 2. The van der Waals surface area contributed by atoms with Gasteiger partial charge < -0.3 is 25.4 Å². The van der Waals surface area contributed by atoms with Crippen LogP contribution in [0.25, 0.3) is 0 Å². The SMILES string of the molecule is CC(C)(C)CN(C1CCC1)[C@H](CN)C(=O)Nc1ccc(N2CCOCC2=O)cc1OC(F)F. The van der Waals surface area contributed by atoms with E-state index in [4.69, 9.17) is 10.5 Å². The molecule has 8 nitrogen and oxygen atoms in total. The van der Waals surface area contributed by atoms with Crippen LogP contribution >= 0.6 is 0 Å². The first-order valence-electron chi connectivity index (χ1n) is 11.3. The monoisotopic (exact) mass is 468 g/mol. The Kier molecular flexibility index (Phi) is 8.25. The van der Waals surface area contributed by atoms with Gasteiger partial charge in [-0.2, -0.15) is 8.78 Å². The molecule has 1 aliphatic heterocycles. The highest BCUT2D eigenvalue weighted by Gasteiger charge is 2.36. The van der Waals surface area contributed by atoms with Crippen LogP contribution in [-0.4, -0.2) is 68.3 Å². The highest BCUT2D eigenvalue weighted by molar-refractivity contribution is 5.98. The van der Waals surface area contributed by atoms with Gasteiger partial charge >= 0.3 is 6.61 Å². The molecule has 1 aromatic rings. The van der Waals surface area contributed by atoms with E-state index in [0.29, 0.717) is 25.4 Å². The highest BCUT2D eigenvalue weighted by atomic mass is 19.3. The van der Waals surface area contributed by atoms with Crippen LogP contribution in [0.4, 0.5) is 20.2 Å². The molecule has 3 rings (SSSR count). The lowest BCUT2D eigenvalue weighted by atomic mass is 9.86. The molecule has 1 aliphatic carbocycles. The van der Waals surface area contributed by atoms with Gasteiger partial charge in [-0.1, -0.05) is 27.2 Å². The summed E-state index contributed by atoms with van der Waals surface area (Å²) in [5, 5.41) is 2.73. The molecule has 1 heterocycles. The van der Waals surface area contributed by atoms with Crippen molar-refractivity contribution in [3.63, 3.8) is 0 Å². The third kappa shape index (κ3) is 6.61. The maximum Gasteiger partial charge on any atom is 0.387 e. The van der Waals surface area contributed by atoms with E-state index >= 15 is 0 Å². The number of carbonyl (C=O) groups excluding carboxylic acids is 2. The zero-order chi connectivity index (χ0) is 24.2. The first-order chi connectivity index (χ1) is 15.6. The number of hydrogen-bond donors (Lipinski definition) is 2. The first-order valence-corrected chi connectivity index (χ1v) is 11.3. The summed E-state index contributed by atoms with van der Waals surface area (Å²) in [5.41, 5.74) is 6.47. The maximum atomic E-state index is 13.2. The van der Waals surface area contributed by atoms with E-state index in [1.807, 2.05) is 0 Å². The van der Waals surface area contributed by atoms with Gasteiger partial charge in [-0.3, -0.25) is 14.5 Å². The minimum absolute atomic E-state index is 0.0421. The second-order valence-corrected chi connectivity index (χ2v) is 9.72. The molecule has 184 valence electrons. The summed E-state index contributed by atoms with van der Waals surface area (Å²) in [6.07, 6.45) is 3.11. The zero-order valence-electron chi connectivity index (χ0n) is 19.5. The molecule has 1 atom stereocenters. The molecule has 0 bridgehead atoms. The van der Waals surface area contributed by atoms with E-state index in [2.05, 4.69) is 35.7 Å². The van der Waals surface area contributed by atoms with Crippen LogP contribution in [0, 0.1) is 5.41 Å². The van der Waals surface area contributed by atoms with E-state index in [9.17, 15) is 18.4 Å². The van der Waals surface area contributed by atoms with Crippen molar-refractivity contribution >= 4 is 23.2 Å². The lowest BCUT2D eigenvalue weighted by molar-refractivity contribution is -0.126. The molecule has 1 saturated carbocycles. The van der Waals surface area contributed by atoms with Crippen molar-refractivity contribution in [1.82, 2.24) is 4.90 Å². The summed E-state index contributed by atoms with van der Waals surface area (Å²) in [6.45, 7) is 4.57. The number of ether oxygens (including phenoxy) is 2. The number of nitrogens with zero attached hydrogens (tertiary/aromatic N) is 2. The number of rotatable bonds is 9. The number of nitrogens with two attached hydrogens (primary N) is 1. The third-order valence-electron chi connectivity index (χ3n) is 5.86. The van der Waals surface area contributed by atoms with Gasteiger partial charge in [0, 0.05) is 37.4 Å². The molecule has 0 radical (unpaired) electrons.